The van der Waals surface area contributed by atoms with E-state index >= 15 is 0 Å². The molecule has 35 heavy (non-hydrogen) atoms. The summed E-state index contributed by atoms with van der Waals surface area (Å²) in [6, 6.07) is 9.35. The number of aryl methyl sites for hydroxylation is 1. The van der Waals surface area contributed by atoms with Crippen LogP contribution < -0.4 is 10.3 Å². The number of halogens is 1. The van der Waals surface area contributed by atoms with E-state index in [4.69, 9.17) is 25.7 Å². The number of aromatic hydroxyl groups is 1. The number of fused-ring (bicyclic) bond motifs is 3. The number of phenolic OH excluding ortho intramolecular Hbond substituents is 1. The van der Waals surface area contributed by atoms with Gasteiger partial charge in [0.15, 0.2) is 12.1 Å². The quantitative estimate of drug-likeness (QED) is 0.284. The lowest BCUT2D eigenvalue weighted by Crippen LogP contribution is -2.24. The number of thiophene rings is 1. The number of rotatable bonds is 7. The molecule has 6 rings (SSSR count). The molecule has 1 aliphatic carbocycles. The van der Waals surface area contributed by atoms with E-state index in [2.05, 4.69) is 11.1 Å². The third kappa shape index (κ3) is 3.86. The summed E-state index contributed by atoms with van der Waals surface area (Å²) in [7, 11) is 1.66. The standard InChI is InChI=1S/C26H22ClN3O4S/c1-33-15-6-7-17(19(11-15)14-4-5-14)24-29-25-21(18-8-9-20(27)22(31)23(18)35-25)26(32)30(24)10-2-3-16-12-28-13-34-16/h6-9,11-14,31H,2-5,10H2,1H3. The van der Waals surface area contributed by atoms with Gasteiger partial charge in [-0.1, -0.05) is 17.7 Å². The van der Waals surface area contributed by atoms with Crippen LogP contribution in [-0.4, -0.2) is 26.8 Å². The number of methoxy groups -OCH3 is 1. The minimum atomic E-state index is -0.131. The first-order valence-corrected chi connectivity index (χ1v) is 12.6. The number of phenols is 1. The number of oxazole rings is 1. The number of nitrogens with zero attached hydrogens (tertiary/aromatic N) is 3. The SMILES string of the molecule is COc1ccc(-c2nc3sc4c(O)c(Cl)ccc4c3c(=O)n2CCCc2cnco2)c(C2CC2)c1. The van der Waals surface area contributed by atoms with Crippen molar-refractivity contribution >= 4 is 43.2 Å². The number of aromatic nitrogens is 3. The monoisotopic (exact) mass is 507 g/mol. The number of ether oxygens (including phenoxy) is 1. The van der Waals surface area contributed by atoms with Gasteiger partial charge in [-0.3, -0.25) is 9.36 Å². The first-order chi connectivity index (χ1) is 17.0. The van der Waals surface area contributed by atoms with Crippen molar-refractivity contribution < 1.29 is 14.3 Å². The van der Waals surface area contributed by atoms with Gasteiger partial charge in [-0.15, -0.1) is 11.3 Å². The van der Waals surface area contributed by atoms with E-state index in [-0.39, 0.29) is 16.3 Å². The van der Waals surface area contributed by atoms with Crippen molar-refractivity contribution in [1.29, 1.82) is 0 Å². The Labute approximate surface area is 209 Å². The zero-order chi connectivity index (χ0) is 24.1. The highest BCUT2D eigenvalue weighted by Crippen LogP contribution is 2.46. The molecule has 0 atom stereocenters. The Balaban J connectivity index is 1.56. The summed E-state index contributed by atoms with van der Waals surface area (Å²) in [4.78, 5) is 23.5. The lowest BCUT2D eigenvalue weighted by molar-refractivity contribution is 0.414. The molecular formula is C26H22ClN3O4S. The molecule has 178 valence electrons. The zero-order valence-electron chi connectivity index (χ0n) is 19.0. The highest BCUT2D eigenvalue weighted by molar-refractivity contribution is 7.25. The van der Waals surface area contributed by atoms with Crippen molar-refractivity contribution in [3.8, 4) is 22.9 Å². The van der Waals surface area contributed by atoms with E-state index in [1.54, 1.807) is 30.0 Å². The number of hydrogen-bond acceptors (Lipinski definition) is 7. The Morgan fingerprint density at radius 3 is 2.89 bits per heavy atom. The predicted octanol–water partition coefficient (Wildman–Crippen LogP) is 6.14. The Morgan fingerprint density at radius 2 is 2.14 bits per heavy atom. The average molecular weight is 508 g/mol. The maximum Gasteiger partial charge on any atom is 0.263 e. The van der Waals surface area contributed by atoms with E-state index in [0.717, 1.165) is 35.5 Å². The molecule has 0 unspecified atom stereocenters. The zero-order valence-corrected chi connectivity index (χ0v) is 20.5. The maximum atomic E-state index is 14.0. The van der Waals surface area contributed by atoms with Crippen LogP contribution in [0, 0.1) is 0 Å². The Kier molecular flexibility index (Phi) is 5.50. The molecule has 1 saturated carbocycles. The van der Waals surface area contributed by atoms with E-state index in [1.165, 1.54) is 17.7 Å². The molecule has 9 heteroatoms. The fraction of sp³-hybridized carbons (Fsp3) is 0.269. The molecule has 5 aromatic rings. The van der Waals surface area contributed by atoms with Crippen molar-refractivity contribution in [3.05, 3.63) is 69.6 Å². The van der Waals surface area contributed by atoms with Gasteiger partial charge in [-0.05, 0) is 55.0 Å². The lowest BCUT2D eigenvalue weighted by Gasteiger charge is -2.16. The fourth-order valence-corrected chi connectivity index (χ4v) is 5.90. The summed E-state index contributed by atoms with van der Waals surface area (Å²) >= 11 is 7.44. The summed E-state index contributed by atoms with van der Waals surface area (Å²) < 4.78 is 13.2. The van der Waals surface area contributed by atoms with Crippen LogP contribution in [0.4, 0.5) is 0 Å². The van der Waals surface area contributed by atoms with Crippen molar-refractivity contribution in [2.75, 3.05) is 7.11 Å². The van der Waals surface area contributed by atoms with Crippen LogP contribution in [0.1, 0.15) is 36.5 Å². The van der Waals surface area contributed by atoms with E-state index in [9.17, 15) is 9.90 Å². The summed E-state index contributed by atoms with van der Waals surface area (Å²) in [5, 5.41) is 12.0. The summed E-state index contributed by atoms with van der Waals surface area (Å²) in [6.07, 6.45) is 6.65. The first kappa shape index (κ1) is 22.1. The van der Waals surface area contributed by atoms with Crippen LogP contribution in [0.5, 0.6) is 11.5 Å². The van der Waals surface area contributed by atoms with Crippen LogP contribution in [0.25, 0.3) is 31.7 Å². The smallest absolute Gasteiger partial charge is 0.263 e. The fourth-order valence-electron chi connectivity index (χ4n) is 4.58. The number of hydrogen-bond donors (Lipinski definition) is 1. The van der Waals surface area contributed by atoms with Crippen LogP contribution in [0.15, 0.2) is 52.1 Å². The second-order valence-corrected chi connectivity index (χ2v) is 10.2. The van der Waals surface area contributed by atoms with Crippen LogP contribution in [0.3, 0.4) is 0 Å². The largest absolute Gasteiger partial charge is 0.505 e. The van der Waals surface area contributed by atoms with Gasteiger partial charge in [0.25, 0.3) is 5.56 Å². The van der Waals surface area contributed by atoms with Gasteiger partial charge in [0.2, 0.25) is 0 Å². The summed E-state index contributed by atoms with van der Waals surface area (Å²) in [5.41, 5.74) is 1.95. The van der Waals surface area contributed by atoms with Crippen LogP contribution in [0.2, 0.25) is 5.02 Å². The van der Waals surface area contributed by atoms with E-state index in [1.807, 2.05) is 12.1 Å². The Bertz CT molecular complexity index is 1620. The van der Waals surface area contributed by atoms with Gasteiger partial charge < -0.3 is 14.3 Å². The second kappa shape index (κ2) is 8.70. The topological polar surface area (TPSA) is 90.4 Å². The molecule has 0 spiro atoms. The highest BCUT2D eigenvalue weighted by atomic mass is 35.5. The third-order valence-corrected chi connectivity index (χ3v) is 7.90. The predicted molar refractivity (Wildman–Crippen MR) is 137 cm³/mol. The van der Waals surface area contributed by atoms with E-state index in [0.29, 0.717) is 51.4 Å². The molecule has 0 bridgehead atoms. The molecule has 3 heterocycles. The highest BCUT2D eigenvalue weighted by Gasteiger charge is 2.29. The second-order valence-electron chi connectivity index (χ2n) is 8.75. The normalized spacial score (nSPS) is 13.7. The molecule has 7 nitrogen and oxygen atoms in total. The van der Waals surface area contributed by atoms with Crippen molar-refractivity contribution in [1.82, 2.24) is 14.5 Å². The van der Waals surface area contributed by atoms with E-state index < -0.39 is 0 Å². The minimum absolute atomic E-state index is 0.0203. The maximum absolute atomic E-state index is 14.0. The summed E-state index contributed by atoms with van der Waals surface area (Å²) in [6.45, 7) is 0.463. The van der Waals surface area contributed by atoms with Gasteiger partial charge in [0.05, 0.1) is 28.4 Å². The minimum Gasteiger partial charge on any atom is -0.505 e. The summed E-state index contributed by atoms with van der Waals surface area (Å²) in [5.74, 6) is 2.60. The van der Waals surface area contributed by atoms with Gasteiger partial charge >= 0.3 is 0 Å². The van der Waals surface area contributed by atoms with Gasteiger partial charge in [0, 0.05) is 23.9 Å². The molecule has 0 amide bonds. The van der Waals surface area contributed by atoms with Crippen molar-refractivity contribution in [3.63, 3.8) is 0 Å². The van der Waals surface area contributed by atoms with Gasteiger partial charge in [-0.2, -0.15) is 0 Å². The molecule has 0 aliphatic heterocycles. The Hall–Kier alpha value is -3.36. The molecule has 0 saturated heterocycles. The average Bonchev–Trinajstić information content (AvgIpc) is 3.45. The lowest BCUT2D eigenvalue weighted by atomic mass is 10.0. The molecule has 1 N–H and O–H groups in total. The molecule has 2 aromatic carbocycles. The molecular weight excluding hydrogens is 486 g/mol. The third-order valence-electron chi connectivity index (χ3n) is 6.49. The molecule has 1 fully saturated rings. The first-order valence-electron chi connectivity index (χ1n) is 11.5. The van der Waals surface area contributed by atoms with Crippen molar-refractivity contribution in [2.24, 2.45) is 0 Å². The van der Waals surface area contributed by atoms with Crippen LogP contribution in [-0.2, 0) is 13.0 Å². The van der Waals surface area contributed by atoms with Crippen LogP contribution >= 0.6 is 22.9 Å². The molecule has 3 aromatic heterocycles. The Morgan fingerprint density at radius 1 is 1.29 bits per heavy atom. The van der Waals surface area contributed by atoms with Gasteiger partial charge in [0.1, 0.15) is 22.2 Å². The number of benzene rings is 2. The molecule has 0 radical (unpaired) electrons. The van der Waals surface area contributed by atoms with Crippen molar-refractivity contribution in [2.45, 2.75) is 38.1 Å². The van der Waals surface area contributed by atoms with Gasteiger partial charge in [-0.25, -0.2) is 9.97 Å². The molecule has 1 aliphatic rings.